The zero-order chi connectivity index (χ0) is 12.1. The molecular formula is C11H20O5. The molecule has 1 aliphatic heterocycles. The minimum absolute atomic E-state index is 0.0209. The zero-order valence-corrected chi connectivity index (χ0v) is 9.76. The van der Waals surface area contributed by atoms with E-state index in [0.29, 0.717) is 26.1 Å². The van der Waals surface area contributed by atoms with Gasteiger partial charge in [-0.1, -0.05) is 0 Å². The van der Waals surface area contributed by atoms with Gasteiger partial charge < -0.3 is 19.7 Å². The van der Waals surface area contributed by atoms with Crippen molar-refractivity contribution in [3.05, 3.63) is 0 Å². The monoisotopic (exact) mass is 232 g/mol. The Morgan fingerprint density at radius 3 is 2.38 bits per heavy atom. The lowest BCUT2D eigenvalue weighted by Crippen LogP contribution is -2.40. The van der Waals surface area contributed by atoms with Gasteiger partial charge in [0.15, 0.2) is 6.10 Å². The highest BCUT2D eigenvalue weighted by atomic mass is 16.5. The number of rotatable bonds is 5. The molecular weight excluding hydrogens is 212 g/mol. The second kappa shape index (κ2) is 6.18. The van der Waals surface area contributed by atoms with Gasteiger partial charge in [-0.2, -0.15) is 0 Å². The Bertz CT molecular complexity index is 222. The first-order valence-corrected chi connectivity index (χ1v) is 5.66. The van der Waals surface area contributed by atoms with Crippen molar-refractivity contribution < 1.29 is 24.5 Å². The van der Waals surface area contributed by atoms with Gasteiger partial charge in [0.05, 0.1) is 12.2 Å². The average Bonchev–Trinajstić information content (AvgIpc) is 2.26. The number of aliphatic hydroxyl groups excluding tert-OH is 1. The maximum Gasteiger partial charge on any atom is 0.333 e. The molecule has 0 aromatic heterocycles. The van der Waals surface area contributed by atoms with E-state index in [4.69, 9.17) is 14.6 Å². The number of carbonyl (C=O) groups is 1. The predicted octanol–water partition coefficient (Wildman–Crippen LogP) is 0.652. The second-order valence-electron chi connectivity index (χ2n) is 4.29. The van der Waals surface area contributed by atoms with Crippen molar-refractivity contribution in [1.82, 2.24) is 0 Å². The summed E-state index contributed by atoms with van der Waals surface area (Å²) in [5.41, 5.74) is 0. The molecule has 1 fully saturated rings. The standard InChI is InChI=1S/C11H20O5/c1-7(12)8(2)16-10(11(13)14)9-3-5-15-6-4-9/h7-10,12H,3-6H2,1-2H3,(H,13,14). The number of carboxylic acid groups (broad SMARTS) is 1. The Balaban J connectivity index is 2.55. The maximum atomic E-state index is 11.1. The third kappa shape index (κ3) is 3.73. The second-order valence-corrected chi connectivity index (χ2v) is 4.29. The van der Waals surface area contributed by atoms with Crippen molar-refractivity contribution >= 4 is 5.97 Å². The van der Waals surface area contributed by atoms with Crippen molar-refractivity contribution in [2.75, 3.05) is 13.2 Å². The number of aliphatic hydroxyl groups is 1. The lowest BCUT2D eigenvalue weighted by molar-refractivity contribution is -0.166. The van der Waals surface area contributed by atoms with Gasteiger partial charge in [-0.25, -0.2) is 4.79 Å². The number of hydrogen-bond acceptors (Lipinski definition) is 4. The predicted molar refractivity (Wildman–Crippen MR) is 57.2 cm³/mol. The molecule has 0 bridgehead atoms. The fourth-order valence-corrected chi connectivity index (χ4v) is 1.73. The van der Waals surface area contributed by atoms with E-state index in [1.165, 1.54) is 0 Å². The summed E-state index contributed by atoms with van der Waals surface area (Å²) in [5, 5.41) is 18.4. The highest BCUT2D eigenvalue weighted by Crippen LogP contribution is 2.23. The molecule has 1 saturated heterocycles. The molecule has 0 amide bonds. The van der Waals surface area contributed by atoms with Crippen LogP contribution < -0.4 is 0 Å². The number of hydrogen-bond donors (Lipinski definition) is 2. The summed E-state index contributed by atoms with van der Waals surface area (Å²) >= 11 is 0. The van der Waals surface area contributed by atoms with E-state index in [1.54, 1.807) is 13.8 Å². The highest BCUT2D eigenvalue weighted by molar-refractivity contribution is 5.72. The zero-order valence-electron chi connectivity index (χ0n) is 9.76. The normalized spacial score (nSPS) is 23.7. The van der Waals surface area contributed by atoms with Crippen LogP contribution in [0.15, 0.2) is 0 Å². The Kier molecular flexibility index (Phi) is 5.18. The first kappa shape index (κ1) is 13.4. The van der Waals surface area contributed by atoms with Gasteiger partial charge in [0.1, 0.15) is 0 Å². The Morgan fingerprint density at radius 2 is 1.94 bits per heavy atom. The molecule has 5 heteroatoms. The van der Waals surface area contributed by atoms with Crippen molar-refractivity contribution in [3.63, 3.8) is 0 Å². The van der Waals surface area contributed by atoms with Crippen LogP contribution in [0.3, 0.4) is 0 Å². The Morgan fingerprint density at radius 1 is 1.38 bits per heavy atom. The Hall–Kier alpha value is -0.650. The fourth-order valence-electron chi connectivity index (χ4n) is 1.73. The van der Waals surface area contributed by atoms with E-state index in [0.717, 1.165) is 0 Å². The first-order valence-electron chi connectivity index (χ1n) is 5.66. The summed E-state index contributed by atoms with van der Waals surface area (Å²) in [6.07, 6.45) is -0.577. The van der Waals surface area contributed by atoms with E-state index < -0.39 is 24.3 Å². The molecule has 0 saturated carbocycles. The molecule has 1 heterocycles. The topological polar surface area (TPSA) is 76.0 Å². The van der Waals surface area contributed by atoms with Crippen LogP contribution in [0.25, 0.3) is 0 Å². The summed E-state index contributed by atoms with van der Waals surface area (Å²) in [5.74, 6) is -0.980. The van der Waals surface area contributed by atoms with E-state index >= 15 is 0 Å². The van der Waals surface area contributed by atoms with Crippen LogP contribution in [0.2, 0.25) is 0 Å². The minimum atomic E-state index is -0.959. The molecule has 1 rings (SSSR count). The highest BCUT2D eigenvalue weighted by Gasteiger charge is 2.32. The molecule has 0 radical (unpaired) electrons. The van der Waals surface area contributed by atoms with Gasteiger partial charge in [-0.15, -0.1) is 0 Å². The quantitative estimate of drug-likeness (QED) is 0.728. The van der Waals surface area contributed by atoms with E-state index in [2.05, 4.69) is 0 Å². The van der Waals surface area contributed by atoms with Crippen molar-refractivity contribution in [2.24, 2.45) is 5.92 Å². The Labute approximate surface area is 95.4 Å². The summed E-state index contributed by atoms with van der Waals surface area (Å²) in [6, 6.07) is 0. The molecule has 0 spiro atoms. The lowest BCUT2D eigenvalue weighted by Gasteiger charge is -2.30. The fraction of sp³-hybridized carbons (Fsp3) is 0.909. The molecule has 94 valence electrons. The molecule has 2 N–H and O–H groups in total. The molecule has 1 aliphatic rings. The summed E-state index contributed by atoms with van der Waals surface area (Å²) in [4.78, 5) is 11.1. The average molecular weight is 232 g/mol. The summed E-state index contributed by atoms with van der Waals surface area (Å²) < 4.78 is 10.6. The van der Waals surface area contributed by atoms with Gasteiger partial charge in [0.2, 0.25) is 0 Å². The first-order chi connectivity index (χ1) is 7.52. The van der Waals surface area contributed by atoms with Crippen LogP contribution in [0.4, 0.5) is 0 Å². The largest absolute Gasteiger partial charge is 0.479 e. The summed E-state index contributed by atoms with van der Waals surface area (Å²) in [7, 11) is 0. The van der Waals surface area contributed by atoms with Gasteiger partial charge in [-0.3, -0.25) is 0 Å². The minimum Gasteiger partial charge on any atom is -0.479 e. The number of carboxylic acids is 1. The third-order valence-corrected chi connectivity index (χ3v) is 2.98. The molecule has 0 aliphatic carbocycles. The number of ether oxygens (including phenoxy) is 2. The van der Waals surface area contributed by atoms with E-state index in [-0.39, 0.29) is 5.92 Å². The van der Waals surface area contributed by atoms with Gasteiger partial charge in [-0.05, 0) is 26.7 Å². The molecule has 16 heavy (non-hydrogen) atoms. The molecule has 0 aromatic rings. The third-order valence-electron chi connectivity index (χ3n) is 2.98. The van der Waals surface area contributed by atoms with Crippen molar-refractivity contribution in [2.45, 2.75) is 45.0 Å². The smallest absolute Gasteiger partial charge is 0.333 e. The molecule has 3 atom stereocenters. The van der Waals surface area contributed by atoms with Gasteiger partial charge in [0.25, 0.3) is 0 Å². The lowest BCUT2D eigenvalue weighted by atomic mass is 9.93. The van der Waals surface area contributed by atoms with Crippen LogP contribution in [0.1, 0.15) is 26.7 Å². The number of aliphatic carboxylic acids is 1. The maximum absolute atomic E-state index is 11.1. The SMILES string of the molecule is CC(O)C(C)OC(C(=O)O)C1CCOCC1. The van der Waals surface area contributed by atoms with Crippen LogP contribution >= 0.6 is 0 Å². The summed E-state index contributed by atoms with van der Waals surface area (Å²) in [6.45, 7) is 4.44. The van der Waals surface area contributed by atoms with E-state index in [9.17, 15) is 9.90 Å². The molecule has 3 unspecified atom stereocenters. The van der Waals surface area contributed by atoms with Gasteiger partial charge in [0, 0.05) is 19.1 Å². The van der Waals surface area contributed by atoms with Crippen LogP contribution in [-0.4, -0.2) is 47.7 Å². The van der Waals surface area contributed by atoms with Crippen LogP contribution in [-0.2, 0) is 14.3 Å². The van der Waals surface area contributed by atoms with Crippen molar-refractivity contribution in [1.29, 1.82) is 0 Å². The van der Waals surface area contributed by atoms with Crippen LogP contribution in [0, 0.1) is 5.92 Å². The van der Waals surface area contributed by atoms with Gasteiger partial charge >= 0.3 is 5.97 Å². The van der Waals surface area contributed by atoms with Crippen LogP contribution in [0.5, 0.6) is 0 Å². The van der Waals surface area contributed by atoms with Crippen molar-refractivity contribution in [3.8, 4) is 0 Å². The molecule has 0 aromatic carbocycles. The molecule has 5 nitrogen and oxygen atoms in total. The van der Waals surface area contributed by atoms with E-state index in [1.807, 2.05) is 0 Å².